The zero-order valence-electron chi connectivity index (χ0n) is 20.1. The number of piperidine rings is 1. The standard InChI is InChI=1S/C29H28N4O3/c1-35-27-10-6-5-9-25(27)26-15-16-28(32-31-26)33-19-17-21(18-20-33)29(34)30-22-11-13-24(14-12-22)36-23-7-3-2-4-8-23/h2-16,21H,17-20H2,1H3,(H,30,34). The zero-order chi connectivity index (χ0) is 24.7. The van der Waals surface area contributed by atoms with Crippen LogP contribution in [-0.2, 0) is 4.79 Å². The van der Waals surface area contributed by atoms with E-state index in [9.17, 15) is 4.79 Å². The molecular formula is C29H28N4O3. The first-order valence-corrected chi connectivity index (χ1v) is 12.1. The molecular weight excluding hydrogens is 452 g/mol. The second kappa shape index (κ2) is 10.9. The van der Waals surface area contributed by atoms with Gasteiger partial charge in [0.1, 0.15) is 17.2 Å². The zero-order valence-corrected chi connectivity index (χ0v) is 20.1. The summed E-state index contributed by atoms with van der Waals surface area (Å²) < 4.78 is 11.2. The molecule has 1 aliphatic heterocycles. The Kier molecular flexibility index (Phi) is 7.07. The number of benzene rings is 3. The van der Waals surface area contributed by atoms with Crippen molar-refractivity contribution in [3.8, 4) is 28.5 Å². The average Bonchev–Trinajstić information content (AvgIpc) is 2.95. The van der Waals surface area contributed by atoms with Crippen molar-refractivity contribution in [2.75, 3.05) is 30.4 Å². The molecule has 0 spiro atoms. The van der Waals surface area contributed by atoms with Crippen LogP contribution in [0.5, 0.6) is 17.2 Å². The number of hydrogen-bond donors (Lipinski definition) is 1. The molecule has 7 nitrogen and oxygen atoms in total. The van der Waals surface area contributed by atoms with Gasteiger partial charge in [-0.3, -0.25) is 4.79 Å². The number of aromatic nitrogens is 2. The molecule has 0 unspecified atom stereocenters. The summed E-state index contributed by atoms with van der Waals surface area (Å²) in [6, 6.07) is 28.8. The van der Waals surface area contributed by atoms with E-state index < -0.39 is 0 Å². The first-order valence-electron chi connectivity index (χ1n) is 12.1. The van der Waals surface area contributed by atoms with E-state index in [1.165, 1.54) is 0 Å². The predicted octanol–water partition coefficient (Wildman–Crippen LogP) is 5.80. The summed E-state index contributed by atoms with van der Waals surface area (Å²) in [6.07, 6.45) is 1.52. The number of amides is 1. The van der Waals surface area contributed by atoms with Crippen molar-refractivity contribution in [3.63, 3.8) is 0 Å². The highest BCUT2D eigenvalue weighted by Crippen LogP contribution is 2.29. The summed E-state index contributed by atoms with van der Waals surface area (Å²) in [5, 5.41) is 11.9. The van der Waals surface area contributed by atoms with Crippen LogP contribution < -0.4 is 19.7 Å². The minimum absolute atomic E-state index is 0.0395. The van der Waals surface area contributed by atoms with Gasteiger partial charge in [0.2, 0.25) is 5.91 Å². The molecule has 36 heavy (non-hydrogen) atoms. The number of para-hydroxylation sites is 2. The van der Waals surface area contributed by atoms with E-state index in [-0.39, 0.29) is 11.8 Å². The van der Waals surface area contributed by atoms with Crippen molar-refractivity contribution in [1.29, 1.82) is 0 Å². The Morgan fingerprint density at radius 2 is 1.53 bits per heavy atom. The highest BCUT2D eigenvalue weighted by atomic mass is 16.5. The fraction of sp³-hybridized carbons (Fsp3) is 0.207. The lowest BCUT2D eigenvalue weighted by molar-refractivity contribution is -0.120. The average molecular weight is 481 g/mol. The summed E-state index contributed by atoms with van der Waals surface area (Å²) in [5.41, 5.74) is 2.44. The SMILES string of the molecule is COc1ccccc1-c1ccc(N2CCC(C(=O)Nc3ccc(Oc4ccccc4)cc3)CC2)nn1. The van der Waals surface area contributed by atoms with Gasteiger partial charge in [0.25, 0.3) is 0 Å². The van der Waals surface area contributed by atoms with Gasteiger partial charge in [-0.25, -0.2) is 0 Å². The molecule has 0 radical (unpaired) electrons. The lowest BCUT2D eigenvalue weighted by Crippen LogP contribution is -2.38. The Morgan fingerprint density at radius 3 is 2.22 bits per heavy atom. The number of carbonyl (C=O) groups excluding carboxylic acids is 1. The van der Waals surface area contributed by atoms with E-state index in [2.05, 4.69) is 20.4 Å². The molecule has 0 bridgehead atoms. The van der Waals surface area contributed by atoms with E-state index in [0.717, 1.165) is 65.9 Å². The van der Waals surface area contributed by atoms with Crippen molar-refractivity contribution in [2.24, 2.45) is 5.92 Å². The number of nitrogens with one attached hydrogen (secondary N) is 1. The number of methoxy groups -OCH3 is 1. The molecule has 1 fully saturated rings. The smallest absolute Gasteiger partial charge is 0.227 e. The van der Waals surface area contributed by atoms with Gasteiger partial charge in [0.05, 0.1) is 12.8 Å². The minimum Gasteiger partial charge on any atom is -0.496 e. The van der Waals surface area contributed by atoms with E-state index >= 15 is 0 Å². The maximum Gasteiger partial charge on any atom is 0.227 e. The summed E-state index contributed by atoms with van der Waals surface area (Å²) >= 11 is 0. The van der Waals surface area contributed by atoms with E-state index in [1.54, 1.807) is 7.11 Å². The van der Waals surface area contributed by atoms with Crippen molar-refractivity contribution in [2.45, 2.75) is 12.8 Å². The molecule has 0 aliphatic carbocycles. The Hall–Kier alpha value is -4.39. The number of nitrogens with zero attached hydrogens (tertiary/aromatic N) is 3. The molecule has 0 atom stereocenters. The van der Waals surface area contributed by atoms with Gasteiger partial charge >= 0.3 is 0 Å². The van der Waals surface area contributed by atoms with Gasteiger partial charge in [-0.05, 0) is 73.5 Å². The van der Waals surface area contributed by atoms with Gasteiger partial charge in [0.15, 0.2) is 5.82 Å². The Morgan fingerprint density at radius 1 is 0.833 bits per heavy atom. The van der Waals surface area contributed by atoms with Gasteiger partial charge in [0, 0.05) is 30.3 Å². The maximum absolute atomic E-state index is 12.8. The third-order valence-corrected chi connectivity index (χ3v) is 6.32. The lowest BCUT2D eigenvalue weighted by Gasteiger charge is -2.31. The molecule has 3 aromatic carbocycles. The molecule has 7 heteroatoms. The fourth-order valence-corrected chi connectivity index (χ4v) is 4.34. The second-order valence-corrected chi connectivity index (χ2v) is 8.67. The largest absolute Gasteiger partial charge is 0.496 e. The topological polar surface area (TPSA) is 76.6 Å². The molecule has 5 rings (SSSR count). The molecule has 1 aromatic heterocycles. The normalized spacial score (nSPS) is 13.8. The highest BCUT2D eigenvalue weighted by Gasteiger charge is 2.26. The van der Waals surface area contributed by atoms with Gasteiger partial charge in [-0.15, -0.1) is 10.2 Å². The molecule has 182 valence electrons. The second-order valence-electron chi connectivity index (χ2n) is 8.67. The maximum atomic E-state index is 12.8. The summed E-state index contributed by atoms with van der Waals surface area (Å²) in [6.45, 7) is 1.51. The number of carbonyl (C=O) groups is 1. The minimum atomic E-state index is -0.0395. The number of rotatable bonds is 7. The molecule has 2 heterocycles. The van der Waals surface area contributed by atoms with Crippen LogP contribution in [0.1, 0.15) is 12.8 Å². The highest BCUT2D eigenvalue weighted by molar-refractivity contribution is 5.92. The summed E-state index contributed by atoms with van der Waals surface area (Å²) in [4.78, 5) is 15.0. The molecule has 4 aromatic rings. The third kappa shape index (κ3) is 5.46. The van der Waals surface area contributed by atoms with Crippen molar-refractivity contribution < 1.29 is 14.3 Å². The molecule has 1 aliphatic rings. The molecule has 0 saturated carbocycles. The van der Waals surface area contributed by atoms with Crippen LogP contribution in [0.3, 0.4) is 0 Å². The first-order chi connectivity index (χ1) is 17.7. The van der Waals surface area contributed by atoms with Gasteiger partial charge < -0.3 is 19.7 Å². The van der Waals surface area contributed by atoms with Crippen molar-refractivity contribution in [1.82, 2.24) is 10.2 Å². The van der Waals surface area contributed by atoms with Crippen molar-refractivity contribution >= 4 is 17.4 Å². The first kappa shape index (κ1) is 23.4. The van der Waals surface area contributed by atoms with Crippen molar-refractivity contribution in [3.05, 3.63) is 91.0 Å². The monoisotopic (exact) mass is 480 g/mol. The number of anilines is 2. The van der Waals surface area contributed by atoms with Gasteiger partial charge in [-0.1, -0.05) is 30.3 Å². The van der Waals surface area contributed by atoms with Crippen LogP contribution in [0.25, 0.3) is 11.3 Å². The summed E-state index contributed by atoms with van der Waals surface area (Å²) in [7, 11) is 1.65. The quantitative estimate of drug-likeness (QED) is 0.360. The Balaban J connectivity index is 1.13. The molecule has 1 amide bonds. The van der Waals surface area contributed by atoms with E-state index in [1.807, 2.05) is 91.0 Å². The van der Waals surface area contributed by atoms with Crippen LogP contribution in [0.4, 0.5) is 11.5 Å². The van der Waals surface area contributed by atoms with Crippen LogP contribution >= 0.6 is 0 Å². The Labute approximate surface area is 210 Å². The number of hydrogen-bond acceptors (Lipinski definition) is 6. The Bertz CT molecular complexity index is 1290. The molecule has 1 N–H and O–H groups in total. The lowest BCUT2D eigenvalue weighted by atomic mass is 9.95. The predicted molar refractivity (Wildman–Crippen MR) is 141 cm³/mol. The van der Waals surface area contributed by atoms with E-state index in [0.29, 0.717) is 0 Å². The fourth-order valence-electron chi connectivity index (χ4n) is 4.34. The third-order valence-electron chi connectivity index (χ3n) is 6.32. The number of ether oxygens (including phenoxy) is 2. The summed E-state index contributed by atoms with van der Waals surface area (Å²) in [5.74, 6) is 3.10. The van der Waals surface area contributed by atoms with Crippen LogP contribution in [0.15, 0.2) is 91.0 Å². The van der Waals surface area contributed by atoms with Crippen LogP contribution in [0.2, 0.25) is 0 Å². The van der Waals surface area contributed by atoms with Gasteiger partial charge in [-0.2, -0.15) is 0 Å². The van der Waals surface area contributed by atoms with Crippen LogP contribution in [0, 0.1) is 5.92 Å². The van der Waals surface area contributed by atoms with Crippen LogP contribution in [-0.4, -0.2) is 36.3 Å². The van der Waals surface area contributed by atoms with E-state index in [4.69, 9.17) is 9.47 Å². The molecule has 1 saturated heterocycles.